The summed E-state index contributed by atoms with van der Waals surface area (Å²) in [5.41, 5.74) is 0.487. The Kier molecular flexibility index (Phi) is 2.77. The summed E-state index contributed by atoms with van der Waals surface area (Å²) < 4.78 is 12.1. The van der Waals surface area contributed by atoms with Crippen molar-refractivity contribution in [3.05, 3.63) is 0 Å². The Bertz CT molecular complexity index is 285. The molecule has 3 aliphatic rings. The summed E-state index contributed by atoms with van der Waals surface area (Å²) in [6.07, 6.45) is 7.02. The third kappa shape index (κ3) is 2.25. The average molecular weight is 239 g/mol. The number of ether oxygens (including phenoxy) is 2. The van der Waals surface area contributed by atoms with Gasteiger partial charge in [0.25, 0.3) is 0 Å². The van der Waals surface area contributed by atoms with Crippen LogP contribution in [0.1, 0.15) is 52.4 Å². The van der Waals surface area contributed by atoms with Crippen molar-refractivity contribution in [2.24, 2.45) is 5.41 Å². The van der Waals surface area contributed by atoms with Crippen molar-refractivity contribution in [3.8, 4) is 0 Å². The van der Waals surface area contributed by atoms with Crippen molar-refractivity contribution in [2.45, 2.75) is 63.7 Å². The highest BCUT2D eigenvalue weighted by Gasteiger charge is 2.49. The van der Waals surface area contributed by atoms with Crippen LogP contribution < -0.4 is 5.32 Å². The van der Waals surface area contributed by atoms with Crippen LogP contribution in [0, 0.1) is 5.41 Å². The standard InChI is InChI=1S/C14H25NO2/c1-12(2)3-5-14(6-4-12)15-9-7-13(17-14)8-10-16-11-13/h15H,3-11H2,1-2H3. The van der Waals surface area contributed by atoms with E-state index in [1.807, 2.05) is 0 Å². The molecule has 98 valence electrons. The third-order valence-corrected chi connectivity index (χ3v) is 4.92. The molecule has 1 aliphatic carbocycles. The Labute approximate surface area is 104 Å². The summed E-state index contributed by atoms with van der Waals surface area (Å²) >= 11 is 0. The molecule has 2 aliphatic heterocycles. The van der Waals surface area contributed by atoms with Gasteiger partial charge in [-0.2, -0.15) is 0 Å². The summed E-state index contributed by atoms with van der Waals surface area (Å²) in [5, 5.41) is 3.65. The molecule has 2 heterocycles. The van der Waals surface area contributed by atoms with Crippen LogP contribution >= 0.6 is 0 Å². The lowest BCUT2D eigenvalue weighted by Gasteiger charge is -2.51. The first-order valence-corrected chi connectivity index (χ1v) is 7.06. The van der Waals surface area contributed by atoms with Crippen molar-refractivity contribution >= 4 is 0 Å². The third-order valence-electron chi connectivity index (χ3n) is 4.92. The molecule has 17 heavy (non-hydrogen) atoms. The summed E-state index contributed by atoms with van der Waals surface area (Å²) in [7, 11) is 0. The molecule has 0 amide bonds. The molecule has 3 rings (SSSR count). The molecule has 1 saturated carbocycles. The minimum absolute atomic E-state index is 0.0345. The molecular formula is C14H25NO2. The molecule has 1 N–H and O–H groups in total. The monoisotopic (exact) mass is 239 g/mol. The highest BCUT2D eigenvalue weighted by molar-refractivity contribution is 4.98. The molecule has 0 aromatic rings. The van der Waals surface area contributed by atoms with Gasteiger partial charge >= 0.3 is 0 Å². The Morgan fingerprint density at radius 3 is 2.35 bits per heavy atom. The lowest BCUT2D eigenvalue weighted by atomic mass is 9.73. The fraction of sp³-hybridized carbons (Fsp3) is 1.00. The summed E-state index contributed by atoms with van der Waals surface area (Å²) in [4.78, 5) is 0. The molecule has 2 saturated heterocycles. The van der Waals surface area contributed by atoms with Crippen molar-refractivity contribution in [1.82, 2.24) is 5.32 Å². The first kappa shape index (κ1) is 11.9. The van der Waals surface area contributed by atoms with Crippen molar-refractivity contribution < 1.29 is 9.47 Å². The van der Waals surface area contributed by atoms with E-state index in [4.69, 9.17) is 9.47 Å². The van der Waals surface area contributed by atoms with Gasteiger partial charge in [0, 0.05) is 19.6 Å². The highest BCUT2D eigenvalue weighted by Crippen LogP contribution is 2.45. The number of hydrogen-bond donors (Lipinski definition) is 1. The quantitative estimate of drug-likeness (QED) is 0.704. The molecule has 0 aromatic heterocycles. The fourth-order valence-corrected chi connectivity index (χ4v) is 3.50. The second-order valence-electron chi connectivity index (χ2n) is 6.92. The van der Waals surface area contributed by atoms with Gasteiger partial charge in [-0.15, -0.1) is 0 Å². The molecule has 0 aromatic carbocycles. The SMILES string of the molecule is CC1(C)CCC2(CC1)NCCC1(CCOC1)O2. The van der Waals surface area contributed by atoms with Crippen LogP contribution in [0.25, 0.3) is 0 Å². The van der Waals surface area contributed by atoms with E-state index in [1.54, 1.807) is 0 Å². The van der Waals surface area contributed by atoms with Crippen LogP contribution in [0.15, 0.2) is 0 Å². The molecule has 0 bridgehead atoms. The molecule has 1 atom stereocenters. The van der Waals surface area contributed by atoms with Gasteiger partial charge in [0.05, 0.1) is 12.2 Å². The van der Waals surface area contributed by atoms with E-state index in [1.165, 1.54) is 12.8 Å². The lowest BCUT2D eigenvalue weighted by molar-refractivity contribution is -0.219. The molecule has 3 fully saturated rings. The van der Waals surface area contributed by atoms with Gasteiger partial charge < -0.3 is 9.47 Å². The zero-order valence-corrected chi connectivity index (χ0v) is 11.2. The maximum absolute atomic E-state index is 6.52. The molecule has 2 spiro atoms. The van der Waals surface area contributed by atoms with Crippen LogP contribution in [0.2, 0.25) is 0 Å². The Balaban J connectivity index is 1.71. The number of nitrogens with one attached hydrogen (secondary N) is 1. The van der Waals surface area contributed by atoms with Gasteiger partial charge in [-0.05, 0) is 37.5 Å². The van der Waals surface area contributed by atoms with E-state index >= 15 is 0 Å². The normalized spacial score (nSPS) is 39.9. The first-order valence-electron chi connectivity index (χ1n) is 7.06. The minimum Gasteiger partial charge on any atom is -0.378 e. The van der Waals surface area contributed by atoms with Crippen LogP contribution in [0.5, 0.6) is 0 Å². The van der Waals surface area contributed by atoms with Crippen LogP contribution in [-0.2, 0) is 9.47 Å². The van der Waals surface area contributed by atoms with E-state index in [0.717, 1.165) is 45.4 Å². The second kappa shape index (κ2) is 3.94. The Morgan fingerprint density at radius 1 is 0.941 bits per heavy atom. The Morgan fingerprint density at radius 2 is 1.71 bits per heavy atom. The van der Waals surface area contributed by atoms with E-state index in [0.29, 0.717) is 5.41 Å². The summed E-state index contributed by atoms with van der Waals surface area (Å²) in [6, 6.07) is 0. The van der Waals surface area contributed by atoms with E-state index in [2.05, 4.69) is 19.2 Å². The smallest absolute Gasteiger partial charge is 0.120 e. The predicted octanol–water partition coefficient (Wildman–Crippen LogP) is 2.45. The van der Waals surface area contributed by atoms with Gasteiger partial charge in [0.2, 0.25) is 0 Å². The van der Waals surface area contributed by atoms with E-state index < -0.39 is 0 Å². The van der Waals surface area contributed by atoms with Crippen molar-refractivity contribution in [2.75, 3.05) is 19.8 Å². The minimum atomic E-state index is -0.0402. The Hall–Kier alpha value is -0.120. The molecule has 3 nitrogen and oxygen atoms in total. The van der Waals surface area contributed by atoms with Crippen LogP contribution in [0.3, 0.4) is 0 Å². The van der Waals surface area contributed by atoms with Gasteiger partial charge in [-0.3, -0.25) is 5.32 Å². The zero-order chi connectivity index (χ0) is 12.0. The maximum atomic E-state index is 6.52. The number of hydrogen-bond acceptors (Lipinski definition) is 3. The highest BCUT2D eigenvalue weighted by atomic mass is 16.6. The van der Waals surface area contributed by atoms with Crippen molar-refractivity contribution in [1.29, 1.82) is 0 Å². The van der Waals surface area contributed by atoms with E-state index in [9.17, 15) is 0 Å². The number of rotatable bonds is 0. The van der Waals surface area contributed by atoms with E-state index in [-0.39, 0.29) is 11.3 Å². The topological polar surface area (TPSA) is 30.5 Å². The van der Waals surface area contributed by atoms with Gasteiger partial charge in [0.1, 0.15) is 5.72 Å². The second-order valence-corrected chi connectivity index (χ2v) is 6.92. The molecule has 3 heteroatoms. The molecule has 0 radical (unpaired) electrons. The molecule has 1 unspecified atom stereocenters. The lowest BCUT2D eigenvalue weighted by Crippen LogP contribution is -2.61. The summed E-state index contributed by atoms with van der Waals surface area (Å²) in [5.74, 6) is 0. The predicted molar refractivity (Wildman–Crippen MR) is 66.9 cm³/mol. The zero-order valence-electron chi connectivity index (χ0n) is 11.2. The molecular weight excluding hydrogens is 214 g/mol. The van der Waals surface area contributed by atoms with Crippen molar-refractivity contribution in [3.63, 3.8) is 0 Å². The largest absolute Gasteiger partial charge is 0.378 e. The van der Waals surface area contributed by atoms with Crippen LogP contribution in [0.4, 0.5) is 0 Å². The summed E-state index contributed by atoms with van der Waals surface area (Å²) in [6.45, 7) is 7.51. The average Bonchev–Trinajstić information content (AvgIpc) is 2.72. The fourth-order valence-electron chi connectivity index (χ4n) is 3.50. The maximum Gasteiger partial charge on any atom is 0.120 e. The van der Waals surface area contributed by atoms with Gasteiger partial charge in [-0.25, -0.2) is 0 Å². The first-order chi connectivity index (χ1) is 8.04. The van der Waals surface area contributed by atoms with Gasteiger partial charge in [0.15, 0.2) is 0 Å². The van der Waals surface area contributed by atoms with Gasteiger partial charge in [-0.1, -0.05) is 13.8 Å². The van der Waals surface area contributed by atoms with Crippen LogP contribution in [-0.4, -0.2) is 31.1 Å².